The lowest BCUT2D eigenvalue weighted by Crippen LogP contribution is -2.08. The topological polar surface area (TPSA) is 37.8 Å². The second kappa shape index (κ2) is 6.32. The molecule has 100 valence electrons. The summed E-state index contributed by atoms with van der Waals surface area (Å²) in [7, 11) is 1.90. The van der Waals surface area contributed by atoms with E-state index in [9.17, 15) is 0 Å². The van der Waals surface area contributed by atoms with Gasteiger partial charge in [-0.1, -0.05) is 31.2 Å². The van der Waals surface area contributed by atoms with E-state index in [1.165, 1.54) is 11.1 Å². The summed E-state index contributed by atoms with van der Waals surface area (Å²) >= 11 is 2.31. The lowest BCUT2D eigenvalue weighted by Gasteiger charge is -2.11. The lowest BCUT2D eigenvalue weighted by atomic mass is 10.1. The Bertz CT molecular complexity index is 556. The zero-order valence-electron chi connectivity index (χ0n) is 11.5. The summed E-state index contributed by atoms with van der Waals surface area (Å²) < 4.78 is 1.12. The molecule has 4 heteroatoms. The highest BCUT2D eigenvalue weighted by atomic mass is 127. The standard InChI is InChI=1S/C15H18IN3/c1-4-12-14(16)15(17-3)19-13(18-12)9-11-8-6-5-7-10(11)2/h5-8H,4,9H2,1-3H3,(H,17,18,19). The minimum absolute atomic E-state index is 0.783. The maximum absolute atomic E-state index is 4.68. The van der Waals surface area contributed by atoms with Crippen LogP contribution in [0.5, 0.6) is 0 Å². The Morgan fingerprint density at radius 1 is 1.21 bits per heavy atom. The zero-order chi connectivity index (χ0) is 13.8. The molecule has 0 aliphatic carbocycles. The monoisotopic (exact) mass is 367 g/mol. The summed E-state index contributed by atoms with van der Waals surface area (Å²) in [6.07, 6.45) is 1.71. The van der Waals surface area contributed by atoms with Crippen LogP contribution >= 0.6 is 22.6 Å². The molecule has 19 heavy (non-hydrogen) atoms. The minimum Gasteiger partial charge on any atom is -0.372 e. The van der Waals surface area contributed by atoms with Crippen LogP contribution in [-0.4, -0.2) is 17.0 Å². The van der Waals surface area contributed by atoms with E-state index in [-0.39, 0.29) is 0 Å². The van der Waals surface area contributed by atoms with Crippen LogP contribution in [0.25, 0.3) is 0 Å². The number of hydrogen-bond donors (Lipinski definition) is 1. The fraction of sp³-hybridized carbons (Fsp3) is 0.333. The van der Waals surface area contributed by atoms with Crippen molar-refractivity contribution in [3.8, 4) is 0 Å². The number of rotatable bonds is 4. The van der Waals surface area contributed by atoms with E-state index >= 15 is 0 Å². The molecule has 0 aliphatic rings. The Kier molecular flexibility index (Phi) is 4.74. The Morgan fingerprint density at radius 2 is 1.95 bits per heavy atom. The SMILES string of the molecule is CCc1nc(Cc2ccccc2C)nc(NC)c1I. The molecule has 2 aromatic rings. The molecule has 1 aromatic carbocycles. The van der Waals surface area contributed by atoms with Gasteiger partial charge in [-0.25, -0.2) is 9.97 Å². The summed E-state index contributed by atoms with van der Waals surface area (Å²) in [6.45, 7) is 4.25. The van der Waals surface area contributed by atoms with Crippen LogP contribution < -0.4 is 5.32 Å². The van der Waals surface area contributed by atoms with Crippen LogP contribution in [0.2, 0.25) is 0 Å². The van der Waals surface area contributed by atoms with E-state index in [0.717, 1.165) is 33.7 Å². The molecule has 0 atom stereocenters. The third kappa shape index (κ3) is 3.23. The number of anilines is 1. The molecule has 0 unspecified atom stereocenters. The molecule has 0 bridgehead atoms. The van der Waals surface area contributed by atoms with Gasteiger partial charge in [0.15, 0.2) is 0 Å². The number of halogens is 1. The second-order valence-corrected chi connectivity index (χ2v) is 5.53. The first kappa shape index (κ1) is 14.2. The molecule has 3 nitrogen and oxygen atoms in total. The fourth-order valence-electron chi connectivity index (χ4n) is 2.00. The molecule has 0 fully saturated rings. The van der Waals surface area contributed by atoms with Crippen molar-refractivity contribution >= 4 is 28.4 Å². The van der Waals surface area contributed by atoms with E-state index in [0.29, 0.717) is 0 Å². The lowest BCUT2D eigenvalue weighted by molar-refractivity contribution is 0.894. The van der Waals surface area contributed by atoms with E-state index in [1.54, 1.807) is 0 Å². The van der Waals surface area contributed by atoms with E-state index in [2.05, 4.69) is 76.0 Å². The van der Waals surface area contributed by atoms with Crippen molar-refractivity contribution in [1.82, 2.24) is 9.97 Å². The van der Waals surface area contributed by atoms with Crippen LogP contribution in [0.15, 0.2) is 24.3 Å². The predicted molar refractivity (Wildman–Crippen MR) is 87.7 cm³/mol. The molecule has 0 amide bonds. The summed E-state index contributed by atoms with van der Waals surface area (Å²) in [5.41, 5.74) is 3.69. The molecule has 1 N–H and O–H groups in total. The molecule has 1 aromatic heterocycles. The van der Waals surface area contributed by atoms with Gasteiger partial charge >= 0.3 is 0 Å². The second-order valence-electron chi connectivity index (χ2n) is 4.46. The summed E-state index contributed by atoms with van der Waals surface area (Å²) in [4.78, 5) is 9.28. The molecule has 0 aliphatic heterocycles. The molecule has 0 spiro atoms. The molecule has 1 heterocycles. The van der Waals surface area contributed by atoms with Crippen LogP contribution in [0.4, 0.5) is 5.82 Å². The average molecular weight is 367 g/mol. The summed E-state index contributed by atoms with van der Waals surface area (Å²) in [6, 6.07) is 8.39. The summed E-state index contributed by atoms with van der Waals surface area (Å²) in [5, 5.41) is 3.15. The van der Waals surface area contributed by atoms with Gasteiger partial charge in [-0.3, -0.25) is 0 Å². The highest BCUT2D eigenvalue weighted by molar-refractivity contribution is 14.1. The maximum atomic E-state index is 4.68. The smallest absolute Gasteiger partial charge is 0.143 e. The predicted octanol–water partition coefficient (Wildman–Crippen LogP) is 3.58. The van der Waals surface area contributed by atoms with E-state index in [4.69, 9.17) is 0 Å². The zero-order valence-corrected chi connectivity index (χ0v) is 13.7. The van der Waals surface area contributed by atoms with Crippen molar-refractivity contribution < 1.29 is 0 Å². The first-order valence-corrected chi connectivity index (χ1v) is 7.51. The largest absolute Gasteiger partial charge is 0.372 e. The first-order valence-electron chi connectivity index (χ1n) is 6.43. The average Bonchev–Trinajstić information content (AvgIpc) is 2.43. The Hall–Kier alpha value is -1.17. The quantitative estimate of drug-likeness (QED) is 0.840. The van der Waals surface area contributed by atoms with Crippen molar-refractivity contribution in [2.75, 3.05) is 12.4 Å². The minimum atomic E-state index is 0.783. The van der Waals surface area contributed by atoms with E-state index in [1.807, 2.05) is 7.05 Å². The third-order valence-electron chi connectivity index (χ3n) is 3.15. The van der Waals surface area contributed by atoms with Gasteiger partial charge in [0.1, 0.15) is 11.6 Å². The van der Waals surface area contributed by atoms with Crippen LogP contribution in [0, 0.1) is 10.5 Å². The van der Waals surface area contributed by atoms with Crippen LogP contribution in [-0.2, 0) is 12.8 Å². The number of aromatic nitrogens is 2. The summed E-state index contributed by atoms with van der Waals surface area (Å²) in [5.74, 6) is 1.81. The Morgan fingerprint density at radius 3 is 2.58 bits per heavy atom. The highest BCUT2D eigenvalue weighted by Gasteiger charge is 2.11. The van der Waals surface area contributed by atoms with Gasteiger partial charge < -0.3 is 5.32 Å². The molecular formula is C15H18IN3. The highest BCUT2D eigenvalue weighted by Crippen LogP contribution is 2.21. The molecule has 0 radical (unpaired) electrons. The van der Waals surface area contributed by atoms with Crippen molar-refractivity contribution in [1.29, 1.82) is 0 Å². The fourth-order valence-corrected chi connectivity index (χ4v) is 2.89. The van der Waals surface area contributed by atoms with Gasteiger partial charge in [-0.15, -0.1) is 0 Å². The Balaban J connectivity index is 2.38. The van der Waals surface area contributed by atoms with Gasteiger partial charge in [-0.05, 0) is 47.1 Å². The molecule has 0 saturated carbocycles. The van der Waals surface area contributed by atoms with Gasteiger partial charge in [0, 0.05) is 13.5 Å². The first-order chi connectivity index (χ1) is 9.15. The number of aryl methyl sites for hydroxylation is 2. The van der Waals surface area contributed by atoms with Crippen LogP contribution in [0.1, 0.15) is 29.6 Å². The Labute approximate surface area is 128 Å². The molecule has 2 rings (SSSR count). The van der Waals surface area contributed by atoms with Crippen molar-refractivity contribution in [3.63, 3.8) is 0 Å². The van der Waals surface area contributed by atoms with Crippen molar-refractivity contribution in [3.05, 3.63) is 50.5 Å². The number of nitrogens with zero attached hydrogens (tertiary/aromatic N) is 2. The maximum Gasteiger partial charge on any atom is 0.143 e. The van der Waals surface area contributed by atoms with Gasteiger partial charge in [-0.2, -0.15) is 0 Å². The number of nitrogens with one attached hydrogen (secondary N) is 1. The van der Waals surface area contributed by atoms with Gasteiger partial charge in [0.05, 0.1) is 9.26 Å². The molecular weight excluding hydrogens is 349 g/mol. The van der Waals surface area contributed by atoms with Crippen LogP contribution in [0.3, 0.4) is 0 Å². The van der Waals surface area contributed by atoms with Gasteiger partial charge in [0.2, 0.25) is 0 Å². The van der Waals surface area contributed by atoms with Gasteiger partial charge in [0.25, 0.3) is 0 Å². The van der Waals surface area contributed by atoms with Crippen molar-refractivity contribution in [2.24, 2.45) is 0 Å². The normalized spacial score (nSPS) is 10.5. The molecule has 0 saturated heterocycles. The number of hydrogen-bond acceptors (Lipinski definition) is 3. The third-order valence-corrected chi connectivity index (χ3v) is 4.28. The van der Waals surface area contributed by atoms with Crippen molar-refractivity contribution in [2.45, 2.75) is 26.7 Å². The van der Waals surface area contributed by atoms with E-state index < -0.39 is 0 Å². The number of benzene rings is 1.